The summed E-state index contributed by atoms with van der Waals surface area (Å²) in [4.78, 5) is 22.4. The Kier molecular flexibility index (Phi) is 9.38. The zero-order chi connectivity index (χ0) is 21.8. The number of oxime groups is 2. The highest BCUT2D eigenvalue weighted by Gasteiger charge is 2.17. The van der Waals surface area contributed by atoms with Crippen LogP contribution in [0.25, 0.3) is 0 Å². The third-order valence-corrected chi connectivity index (χ3v) is 4.02. The van der Waals surface area contributed by atoms with Gasteiger partial charge in [-0.1, -0.05) is 52.1 Å². The van der Waals surface area contributed by atoms with Crippen LogP contribution in [0.15, 0.2) is 58.8 Å². The molecule has 0 aromatic heterocycles. The van der Waals surface area contributed by atoms with Gasteiger partial charge in [0, 0.05) is 35.9 Å². The lowest BCUT2D eigenvalue weighted by atomic mass is 10.0. The van der Waals surface area contributed by atoms with E-state index in [-0.39, 0.29) is 24.8 Å². The molecule has 0 atom stereocenters. The lowest BCUT2D eigenvalue weighted by Crippen LogP contribution is -2.29. The molecule has 0 aliphatic carbocycles. The van der Waals surface area contributed by atoms with E-state index in [0.717, 1.165) is 5.56 Å². The van der Waals surface area contributed by atoms with Crippen LogP contribution in [0.1, 0.15) is 16.7 Å². The second-order valence-corrected chi connectivity index (χ2v) is 6.30. The van der Waals surface area contributed by atoms with Gasteiger partial charge in [-0.05, 0) is 30.2 Å². The molecule has 2 rings (SSSR count). The molecule has 0 spiro atoms. The number of carbonyl (C=O) groups is 1. The first-order chi connectivity index (χ1) is 14.6. The van der Waals surface area contributed by atoms with Crippen LogP contribution in [-0.2, 0) is 25.8 Å². The zero-order valence-electron chi connectivity index (χ0n) is 16.9. The highest BCUT2D eigenvalue weighted by Crippen LogP contribution is 2.13. The molecule has 7 nitrogen and oxygen atoms in total. The van der Waals surface area contributed by atoms with Gasteiger partial charge in [0.15, 0.2) is 11.4 Å². The molecule has 0 radical (unpaired) electrons. The molecule has 156 valence electrons. The molecule has 2 aromatic carbocycles. The summed E-state index contributed by atoms with van der Waals surface area (Å²) < 4.78 is 5.13. The van der Waals surface area contributed by atoms with Crippen LogP contribution in [0, 0.1) is 11.8 Å². The first-order valence-electron chi connectivity index (χ1n) is 8.96. The molecule has 1 amide bonds. The van der Waals surface area contributed by atoms with Crippen molar-refractivity contribution in [3.63, 3.8) is 0 Å². The van der Waals surface area contributed by atoms with Crippen molar-refractivity contribution < 1.29 is 19.2 Å². The summed E-state index contributed by atoms with van der Waals surface area (Å²) in [6, 6.07) is 14.3. The molecule has 0 bridgehead atoms. The number of benzene rings is 2. The summed E-state index contributed by atoms with van der Waals surface area (Å²) in [6.45, 7) is 0.294. The van der Waals surface area contributed by atoms with Crippen LogP contribution in [0.4, 0.5) is 0 Å². The monoisotopic (exact) mass is 427 g/mol. The molecule has 0 aliphatic heterocycles. The fraction of sp³-hybridized carbons (Fsp3) is 0.227. The van der Waals surface area contributed by atoms with Crippen LogP contribution in [0.5, 0.6) is 0 Å². The number of carbonyl (C=O) groups excluding carboxylic acids is 1. The Labute approximate surface area is 180 Å². The predicted molar refractivity (Wildman–Crippen MR) is 116 cm³/mol. The first-order valence-corrected chi connectivity index (χ1v) is 9.33. The summed E-state index contributed by atoms with van der Waals surface area (Å²) >= 11 is 5.88. The molecule has 0 saturated carbocycles. The van der Waals surface area contributed by atoms with Gasteiger partial charge in [0.1, 0.15) is 13.7 Å². The van der Waals surface area contributed by atoms with Crippen LogP contribution in [0.3, 0.4) is 0 Å². The Morgan fingerprint density at radius 3 is 2.50 bits per heavy atom. The van der Waals surface area contributed by atoms with E-state index in [0.29, 0.717) is 21.9 Å². The third kappa shape index (κ3) is 6.92. The molecule has 0 heterocycles. The first kappa shape index (κ1) is 22.9. The number of halogens is 1. The van der Waals surface area contributed by atoms with Crippen molar-refractivity contribution in [3.05, 3.63) is 70.2 Å². The second-order valence-electron chi connectivity index (χ2n) is 5.86. The Bertz CT molecular complexity index is 976. The van der Waals surface area contributed by atoms with Gasteiger partial charge < -0.3 is 19.7 Å². The minimum absolute atomic E-state index is 0.103. The lowest BCUT2D eigenvalue weighted by molar-refractivity contribution is -0.114. The van der Waals surface area contributed by atoms with Crippen molar-refractivity contribution in [2.24, 2.45) is 10.3 Å². The maximum Gasteiger partial charge on any atom is 0.273 e. The third-order valence-electron chi connectivity index (χ3n) is 3.77. The molecule has 0 fully saturated rings. The molecule has 0 unspecified atom stereocenters. The summed E-state index contributed by atoms with van der Waals surface area (Å²) in [6.07, 6.45) is 0. The molecule has 8 heteroatoms. The molecular formula is C22H22ClN3O4. The number of rotatable bonds is 8. The normalized spacial score (nSPS) is 11.3. The van der Waals surface area contributed by atoms with Crippen molar-refractivity contribution in [1.29, 1.82) is 0 Å². The minimum atomic E-state index is -0.373. The maximum absolute atomic E-state index is 12.1. The molecule has 30 heavy (non-hydrogen) atoms. The quantitative estimate of drug-likeness (QED) is 0.399. The van der Waals surface area contributed by atoms with E-state index in [1.54, 1.807) is 31.4 Å². The van der Waals surface area contributed by atoms with Gasteiger partial charge in [0.2, 0.25) is 0 Å². The van der Waals surface area contributed by atoms with Crippen LogP contribution < -0.4 is 5.32 Å². The highest BCUT2D eigenvalue weighted by atomic mass is 35.5. The number of ether oxygens (including phenoxy) is 1. The molecule has 1 N–H and O–H groups in total. The molecule has 0 saturated heterocycles. The topological polar surface area (TPSA) is 81.5 Å². The minimum Gasteiger partial charge on any atom is -0.398 e. The molecule has 2 aromatic rings. The van der Waals surface area contributed by atoms with Gasteiger partial charge >= 0.3 is 0 Å². The smallest absolute Gasteiger partial charge is 0.273 e. The van der Waals surface area contributed by atoms with Crippen molar-refractivity contribution in [2.45, 2.75) is 6.61 Å². The molecular weight excluding hydrogens is 406 g/mol. The number of nitrogens with zero attached hydrogens (tertiary/aromatic N) is 2. The predicted octanol–water partition coefficient (Wildman–Crippen LogP) is 3.01. The standard InChI is InChI=1S/C22H22ClN3O4/c1-24-22(27)21(26-29-3)20-7-5-4-6-17(20)14-30-25-19(15-28-2)13-10-16-8-11-18(23)12-9-16/h4-9,11-12H,14-15H2,1-3H3,(H,24,27)/b25-19-,26-21+. The van der Waals surface area contributed by atoms with E-state index in [2.05, 4.69) is 27.5 Å². The largest absolute Gasteiger partial charge is 0.398 e. The van der Waals surface area contributed by atoms with Crippen molar-refractivity contribution >= 4 is 28.9 Å². The lowest BCUT2D eigenvalue weighted by Gasteiger charge is -2.10. The Morgan fingerprint density at radius 1 is 1.10 bits per heavy atom. The van der Waals surface area contributed by atoms with E-state index in [1.165, 1.54) is 14.2 Å². The van der Waals surface area contributed by atoms with Crippen LogP contribution in [-0.4, -0.2) is 45.2 Å². The van der Waals surface area contributed by atoms with E-state index in [1.807, 2.05) is 24.3 Å². The van der Waals surface area contributed by atoms with E-state index < -0.39 is 0 Å². The van der Waals surface area contributed by atoms with Gasteiger partial charge in [0.25, 0.3) is 5.91 Å². The Hall–Kier alpha value is -3.34. The average Bonchev–Trinajstić information content (AvgIpc) is 2.77. The van der Waals surface area contributed by atoms with E-state index in [4.69, 9.17) is 26.0 Å². The second kappa shape index (κ2) is 12.3. The fourth-order valence-electron chi connectivity index (χ4n) is 2.38. The van der Waals surface area contributed by atoms with Crippen molar-refractivity contribution in [3.8, 4) is 11.8 Å². The SMILES string of the molecule is CNC(=O)/C(=N/OC)c1ccccc1CO/N=C(/C#Cc1ccc(Cl)cc1)COC. The summed E-state index contributed by atoms with van der Waals surface area (Å²) in [5.74, 6) is 5.54. The summed E-state index contributed by atoms with van der Waals surface area (Å²) in [5.41, 5.74) is 2.64. The van der Waals surface area contributed by atoms with Crippen LogP contribution in [0.2, 0.25) is 5.02 Å². The van der Waals surface area contributed by atoms with Crippen molar-refractivity contribution in [2.75, 3.05) is 27.9 Å². The fourth-order valence-corrected chi connectivity index (χ4v) is 2.51. The van der Waals surface area contributed by atoms with Crippen molar-refractivity contribution in [1.82, 2.24) is 5.32 Å². The van der Waals surface area contributed by atoms with Crippen LogP contribution >= 0.6 is 11.6 Å². The number of hydrogen-bond acceptors (Lipinski definition) is 6. The number of likely N-dealkylation sites (N-methyl/N-ethyl adjacent to an activating group) is 1. The summed E-state index contributed by atoms with van der Waals surface area (Å²) in [5, 5.41) is 11.1. The van der Waals surface area contributed by atoms with E-state index in [9.17, 15) is 4.79 Å². The van der Waals surface area contributed by atoms with Gasteiger partial charge in [0.05, 0.1) is 6.61 Å². The van der Waals surface area contributed by atoms with E-state index >= 15 is 0 Å². The maximum atomic E-state index is 12.1. The Morgan fingerprint density at radius 2 is 1.83 bits per heavy atom. The Balaban J connectivity index is 2.18. The zero-order valence-corrected chi connectivity index (χ0v) is 17.7. The number of amides is 1. The summed E-state index contributed by atoms with van der Waals surface area (Å²) in [7, 11) is 4.45. The number of methoxy groups -OCH3 is 1. The van der Waals surface area contributed by atoms with Gasteiger partial charge in [-0.3, -0.25) is 4.79 Å². The highest BCUT2D eigenvalue weighted by molar-refractivity contribution is 6.45. The molecule has 0 aliphatic rings. The van der Waals surface area contributed by atoms with Gasteiger partial charge in [-0.25, -0.2) is 0 Å². The number of hydrogen-bond donors (Lipinski definition) is 1. The number of nitrogens with one attached hydrogen (secondary N) is 1. The van der Waals surface area contributed by atoms with Gasteiger partial charge in [-0.15, -0.1) is 0 Å². The van der Waals surface area contributed by atoms with Gasteiger partial charge in [-0.2, -0.15) is 0 Å². The average molecular weight is 428 g/mol.